The molecule has 0 unspecified atom stereocenters. The number of alkyl halides is 3. The van der Waals surface area contributed by atoms with Gasteiger partial charge in [-0.3, -0.25) is 14.9 Å². The number of nitrogens with zero attached hydrogens (tertiary/aromatic N) is 3. The van der Waals surface area contributed by atoms with Gasteiger partial charge in [0.2, 0.25) is 11.1 Å². The van der Waals surface area contributed by atoms with Crippen LogP contribution in [0.15, 0.2) is 47.3 Å². The van der Waals surface area contributed by atoms with Gasteiger partial charge in [0.15, 0.2) is 0 Å². The molecule has 0 aliphatic carbocycles. The molecule has 1 heterocycles. The van der Waals surface area contributed by atoms with E-state index in [0.717, 1.165) is 35.0 Å². The van der Waals surface area contributed by atoms with Gasteiger partial charge in [-0.2, -0.15) is 5.10 Å². The molecule has 9 nitrogen and oxygen atoms in total. The Hall–Kier alpha value is -3.96. The maximum absolute atomic E-state index is 12.4. The van der Waals surface area contributed by atoms with Crippen LogP contribution in [0.5, 0.6) is 5.75 Å². The molecule has 0 atom stereocenters. The second-order valence-corrected chi connectivity index (χ2v) is 5.36. The van der Waals surface area contributed by atoms with Crippen LogP contribution in [0.3, 0.4) is 0 Å². The molecule has 0 fully saturated rings. The van der Waals surface area contributed by atoms with Gasteiger partial charge in [0, 0.05) is 6.07 Å². The van der Waals surface area contributed by atoms with Gasteiger partial charge >= 0.3 is 12.3 Å². The molecule has 0 spiro atoms. The fraction of sp³-hybridized carbons (Fsp3) is 0.0625. The van der Waals surface area contributed by atoms with Gasteiger partial charge in [-0.15, -0.1) is 13.2 Å². The predicted octanol–water partition coefficient (Wildman–Crippen LogP) is 2.89. The van der Waals surface area contributed by atoms with Crippen molar-refractivity contribution in [1.29, 1.82) is 0 Å². The van der Waals surface area contributed by atoms with Gasteiger partial charge in [-0.05, 0) is 30.3 Å². The summed E-state index contributed by atoms with van der Waals surface area (Å²) >= 11 is 0. The van der Waals surface area contributed by atoms with Gasteiger partial charge in [-0.25, -0.2) is 9.48 Å². The summed E-state index contributed by atoms with van der Waals surface area (Å²) in [7, 11) is 0. The molecule has 0 saturated heterocycles. The van der Waals surface area contributed by atoms with E-state index in [-0.39, 0.29) is 11.2 Å². The SMILES string of the molecule is O=C(O)c1nn(-c2ccc(OC(F)(F)F)cc2)c2cccc([N+](=O)[O-])c2c1=O. The van der Waals surface area contributed by atoms with Crippen LogP contribution in [-0.2, 0) is 0 Å². The maximum atomic E-state index is 12.4. The van der Waals surface area contributed by atoms with Crippen LogP contribution in [0.1, 0.15) is 10.5 Å². The highest BCUT2D eigenvalue weighted by molar-refractivity contribution is 5.94. The molecule has 0 aliphatic rings. The van der Waals surface area contributed by atoms with Gasteiger partial charge in [0.25, 0.3) is 5.69 Å². The van der Waals surface area contributed by atoms with Crippen molar-refractivity contribution in [2.24, 2.45) is 0 Å². The topological polar surface area (TPSA) is 125 Å². The maximum Gasteiger partial charge on any atom is 0.573 e. The number of non-ortho nitro benzene ring substituents is 1. The second-order valence-electron chi connectivity index (χ2n) is 5.36. The normalized spacial score (nSPS) is 11.4. The summed E-state index contributed by atoms with van der Waals surface area (Å²) in [6.45, 7) is 0. The number of aromatic carboxylic acids is 1. The van der Waals surface area contributed by atoms with Crippen molar-refractivity contribution in [3.8, 4) is 11.4 Å². The van der Waals surface area contributed by atoms with E-state index in [4.69, 9.17) is 0 Å². The van der Waals surface area contributed by atoms with E-state index < -0.39 is 45.2 Å². The molecule has 2 aromatic carbocycles. The molecule has 1 aromatic heterocycles. The van der Waals surface area contributed by atoms with E-state index in [0.29, 0.717) is 0 Å². The largest absolute Gasteiger partial charge is 0.573 e. The van der Waals surface area contributed by atoms with E-state index in [2.05, 4.69) is 9.84 Å². The monoisotopic (exact) mass is 395 g/mol. The Morgan fingerprint density at radius 2 is 1.82 bits per heavy atom. The number of halogens is 3. The van der Waals surface area contributed by atoms with Crippen LogP contribution in [0.4, 0.5) is 18.9 Å². The first-order valence-electron chi connectivity index (χ1n) is 7.38. The van der Waals surface area contributed by atoms with Crippen molar-refractivity contribution in [3.05, 3.63) is 68.5 Å². The summed E-state index contributed by atoms with van der Waals surface area (Å²) in [6.07, 6.45) is -4.90. The second kappa shape index (κ2) is 6.64. The first-order chi connectivity index (χ1) is 13.1. The van der Waals surface area contributed by atoms with Crippen molar-refractivity contribution in [1.82, 2.24) is 9.78 Å². The number of nitro groups is 1. The van der Waals surface area contributed by atoms with Crippen LogP contribution in [0, 0.1) is 10.1 Å². The zero-order valence-electron chi connectivity index (χ0n) is 13.5. The minimum Gasteiger partial charge on any atom is -0.476 e. The summed E-state index contributed by atoms with van der Waals surface area (Å²) in [6, 6.07) is 7.74. The van der Waals surface area contributed by atoms with E-state index in [9.17, 15) is 38.0 Å². The zero-order chi connectivity index (χ0) is 20.6. The molecule has 0 saturated carbocycles. The van der Waals surface area contributed by atoms with Crippen LogP contribution >= 0.6 is 0 Å². The molecule has 3 rings (SSSR count). The first kappa shape index (κ1) is 18.8. The molecule has 0 bridgehead atoms. The highest BCUT2D eigenvalue weighted by Crippen LogP contribution is 2.27. The van der Waals surface area contributed by atoms with Crippen LogP contribution in [0.25, 0.3) is 16.6 Å². The van der Waals surface area contributed by atoms with Crippen LogP contribution < -0.4 is 10.2 Å². The van der Waals surface area contributed by atoms with Gasteiger partial charge in [0.1, 0.15) is 11.1 Å². The summed E-state index contributed by atoms with van der Waals surface area (Å²) in [5.41, 5.74) is -2.78. The lowest BCUT2D eigenvalue weighted by Gasteiger charge is -2.12. The number of nitro benzene ring substituents is 1. The van der Waals surface area contributed by atoms with E-state index in [1.165, 1.54) is 12.1 Å². The van der Waals surface area contributed by atoms with Crippen molar-refractivity contribution < 1.29 is 32.7 Å². The summed E-state index contributed by atoms with van der Waals surface area (Å²) < 4.78 is 41.5. The predicted molar refractivity (Wildman–Crippen MR) is 87.6 cm³/mol. The Balaban J connectivity index is 2.28. The Kier molecular flexibility index (Phi) is 4.47. The Morgan fingerprint density at radius 3 is 2.36 bits per heavy atom. The van der Waals surface area contributed by atoms with Crippen LogP contribution in [-0.4, -0.2) is 32.1 Å². The molecule has 1 N–H and O–H groups in total. The fourth-order valence-corrected chi connectivity index (χ4v) is 2.53. The van der Waals surface area contributed by atoms with Crippen molar-refractivity contribution in [2.45, 2.75) is 6.36 Å². The lowest BCUT2D eigenvalue weighted by atomic mass is 10.1. The summed E-state index contributed by atoms with van der Waals surface area (Å²) in [5.74, 6) is -2.25. The number of hydrogen-bond donors (Lipinski definition) is 1. The van der Waals surface area contributed by atoms with Crippen molar-refractivity contribution >= 4 is 22.6 Å². The Bertz CT molecular complexity index is 1160. The third-order valence-corrected chi connectivity index (χ3v) is 3.60. The first-order valence-corrected chi connectivity index (χ1v) is 7.38. The number of carboxylic acid groups (broad SMARTS) is 1. The lowest BCUT2D eigenvalue weighted by molar-refractivity contribution is -0.383. The average molecular weight is 395 g/mol. The minimum absolute atomic E-state index is 0.0579. The minimum atomic E-state index is -4.90. The number of carboxylic acids is 1. The third-order valence-electron chi connectivity index (χ3n) is 3.60. The number of hydrogen-bond acceptors (Lipinski definition) is 6. The number of benzene rings is 2. The van der Waals surface area contributed by atoms with Crippen molar-refractivity contribution in [2.75, 3.05) is 0 Å². The zero-order valence-corrected chi connectivity index (χ0v) is 13.5. The molecule has 12 heteroatoms. The van der Waals surface area contributed by atoms with Gasteiger partial charge in [0.05, 0.1) is 16.1 Å². The number of ether oxygens (including phenoxy) is 1. The Morgan fingerprint density at radius 1 is 1.18 bits per heavy atom. The standard InChI is InChI=1S/C16H8F3N3O6/c17-16(18,19)28-9-6-4-8(5-7-9)21-10-2-1-3-11(22(26)27)12(10)14(23)13(20-21)15(24)25/h1-7H,(H,24,25). The smallest absolute Gasteiger partial charge is 0.476 e. The fourth-order valence-electron chi connectivity index (χ4n) is 2.53. The molecular weight excluding hydrogens is 387 g/mol. The van der Waals surface area contributed by atoms with E-state index >= 15 is 0 Å². The molecule has 28 heavy (non-hydrogen) atoms. The molecule has 0 radical (unpaired) electrons. The van der Waals surface area contributed by atoms with Gasteiger partial charge < -0.3 is 9.84 Å². The lowest BCUT2D eigenvalue weighted by Crippen LogP contribution is -2.23. The number of rotatable bonds is 4. The molecule has 3 aromatic rings. The number of carbonyl (C=O) groups is 1. The average Bonchev–Trinajstić information content (AvgIpc) is 2.61. The van der Waals surface area contributed by atoms with E-state index in [1.807, 2.05) is 0 Å². The highest BCUT2D eigenvalue weighted by atomic mass is 19.4. The third kappa shape index (κ3) is 3.47. The highest BCUT2D eigenvalue weighted by Gasteiger charge is 2.31. The van der Waals surface area contributed by atoms with Crippen molar-refractivity contribution in [3.63, 3.8) is 0 Å². The molecule has 144 valence electrons. The quantitative estimate of drug-likeness (QED) is 0.532. The van der Waals surface area contributed by atoms with Crippen LogP contribution in [0.2, 0.25) is 0 Å². The number of aromatic nitrogens is 2. The molecule has 0 amide bonds. The number of fused-ring (bicyclic) bond motifs is 1. The molecular formula is C16H8F3N3O6. The molecule has 0 aliphatic heterocycles. The summed E-state index contributed by atoms with van der Waals surface area (Å²) in [5, 5.41) is 23.7. The van der Waals surface area contributed by atoms with E-state index in [1.54, 1.807) is 0 Å². The van der Waals surface area contributed by atoms with Gasteiger partial charge in [-0.1, -0.05) is 6.07 Å². The Labute approximate surface area is 152 Å². The summed E-state index contributed by atoms with van der Waals surface area (Å²) in [4.78, 5) is 34.1.